The van der Waals surface area contributed by atoms with Gasteiger partial charge in [-0.05, 0) is 19.3 Å². The number of rotatable bonds is 2. The summed E-state index contributed by atoms with van der Waals surface area (Å²) in [5, 5.41) is 16.9. The van der Waals surface area contributed by atoms with Gasteiger partial charge in [0.1, 0.15) is 0 Å². The van der Waals surface area contributed by atoms with Gasteiger partial charge in [-0.25, -0.2) is 0 Å². The number of hydrogen-bond donors (Lipinski definition) is 2. The van der Waals surface area contributed by atoms with Gasteiger partial charge in [0.25, 0.3) is 0 Å². The van der Waals surface area contributed by atoms with Crippen molar-refractivity contribution < 1.29 is 40.9 Å². The minimum Gasteiger partial charge on any atom is -0.676 e. The number of carboxylic acid groups (broad SMARTS) is 2. The van der Waals surface area contributed by atoms with Crippen LogP contribution in [0.3, 0.4) is 0 Å². The Balaban J connectivity index is 0.000000331. The predicted molar refractivity (Wildman–Crippen MR) is 66.2 cm³/mol. The van der Waals surface area contributed by atoms with Crippen molar-refractivity contribution in [1.29, 1.82) is 0 Å². The third kappa shape index (κ3) is 4.55. The average Bonchev–Trinajstić information content (AvgIpc) is 2.20. The molecule has 6 nitrogen and oxygen atoms in total. The van der Waals surface area contributed by atoms with E-state index in [0.717, 1.165) is 12.8 Å². The molecule has 19 heavy (non-hydrogen) atoms. The van der Waals surface area contributed by atoms with E-state index in [-0.39, 0.29) is 46.0 Å². The number of aliphatic carboxylic acids is 2. The summed E-state index contributed by atoms with van der Waals surface area (Å²) < 4.78 is 0. The molecule has 2 aliphatic carbocycles. The van der Waals surface area contributed by atoms with Crippen LogP contribution >= 0.6 is 0 Å². The molecule has 0 spiro atoms. The zero-order chi connectivity index (χ0) is 13.8. The van der Waals surface area contributed by atoms with Crippen LogP contribution in [0.25, 0.3) is 11.5 Å². The maximum absolute atomic E-state index is 10.4. The van der Waals surface area contributed by atoms with Crippen molar-refractivity contribution in [3.8, 4) is 0 Å². The molecule has 2 aliphatic rings. The monoisotopic (exact) mass is 451 g/mol. The molecule has 0 radical (unpaired) electrons. The molecule has 0 saturated heterocycles. The van der Waals surface area contributed by atoms with Crippen molar-refractivity contribution in [2.24, 2.45) is 5.41 Å². The van der Waals surface area contributed by atoms with E-state index in [1.807, 2.05) is 0 Å². The maximum Gasteiger partial charge on any atom is 2.00 e. The molecule has 2 fully saturated rings. The van der Waals surface area contributed by atoms with E-state index in [1.165, 1.54) is 12.8 Å². The Kier molecular flexibility index (Phi) is 7.78. The van der Waals surface area contributed by atoms with E-state index in [1.54, 1.807) is 0 Å². The summed E-state index contributed by atoms with van der Waals surface area (Å²) in [6.45, 7) is 0. The first kappa shape index (κ1) is 18.5. The first-order valence-electron chi connectivity index (χ1n) is 6.29. The molecule has 4 N–H and O–H groups in total. The van der Waals surface area contributed by atoms with Gasteiger partial charge in [-0.15, -0.1) is 0 Å². The van der Waals surface area contributed by atoms with E-state index in [4.69, 9.17) is 21.7 Å². The zero-order valence-electron chi connectivity index (χ0n) is 10.6. The minimum atomic E-state index is -1.44. The number of carboxylic acids is 2. The average molecular weight is 451 g/mol. The Labute approximate surface area is 127 Å². The fourth-order valence-corrected chi connectivity index (χ4v) is 2.18. The molecule has 2 atom stereocenters. The van der Waals surface area contributed by atoms with Gasteiger partial charge in [0, 0.05) is 0 Å². The Morgan fingerprint density at radius 1 is 0.895 bits per heavy atom. The summed E-state index contributed by atoms with van der Waals surface area (Å²) >= 11 is 0. The van der Waals surface area contributed by atoms with Crippen LogP contribution < -0.4 is 0 Å². The summed E-state index contributed by atoms with van der Waals surface area (Å²) in [5.41, 5.74) is 13.1. The Morgan fingerprint density at radius 3 is 1.37 bits per heavy atom. The molecule has 112 valence electrons. The van der Waals surface area contributed by atoms with E-state index in [9.17, 15) is 9.59 Å². The first-order chi connectivity index (χ1) is 8.40. The number of nitrogens with one attached hydrogen (secondary N) is 2. The Hall–Kier alpha value is -0.452. The van der Waals surface area contributed by atoms with E-state index >= 15 is 0 Å². The normalized spacial score (nSPS) is 27.9. The van der Waals surface area contributed by atoms with Crippen LogP contribution in [-0.2, 0) is 30.7 Å². The summed E-state index contributed by atoms with van der Waals surface area (Å²) in [5.74, 6) is -2.41. The van der Waals surface area contributed by atoms with Crippen LogP contribution in [0.1, 0.15) is 44.9 Å². The van der Waals surface area contributed by atoms with Crippen molar-refractivity contribution in [1.82, 2.24) is 0 Å². The number of carbonyl (C=O) groups is 2. The molecular formula is C12H20N2O4Pt. The van der Waals surface area contributed by atoms with Crippen LogP contribution in [0, 0.1) is 5.41 Å². The standard InChI is InChI=1S/C6H12N2.C6H8O4.Pt/c7-5-3-1-2-4-6(5)8;7-4(8)6(5(9)10)2-1-3-6;/h5-8H,1-4H2;1-3H2,(H,7,8)(H,9,10);/q-2;;+2/t5-,6?;;/m0../s1. The van der Waals surface area contributed by atoms with Crippen molar-refractivity contribution in [2.75, 3.05) is 0 Å². The predicted octanol–water partition coefficient (Wildman–Crippen LogP) is 2.73. The van der Waals surface area contributed by atoms with Crippen LogP contribution in [-0.4, -0.2) is 34.2 Å². The van der Waals surface area contributed by atoms with E-state index in [0.29, 0.717) is 6.42 Å². The third-order valence-corrected chi connectivity index (χ3v) is 3.79. The molecule has 0 aromatic carbocycles. The fraction of sp³-hybridized carbons (Fsp3) is 0.833. The van der Waals surface area contributed by atoms with Gasteiger partial charge in [0.05, 0.1) is 0 Å². The summed E-state index contributed by atoms with van der Waals surface area (Å²) in [6.07, 6.45) is 5.50. The summed E-state index contributed by atoms with van der Waals surface area (Å²) in [4.78, 5) is 20.7. The molecule has 0 amide bonds. The molecule has 2 rings (SSSR count). The van der Waals surface area contributed by atoms with Crippen molar-refractivity contribution in [2.45, 2.75) is 57.0 Å². The van der Waals surface area contributed by atoms with Crippen LogP contribution in [0.5, 0.6) is 0 Å². The molecule has 0 aliphatic heterocycles. The van der Waals surface area contributed by atoms with Crippen molar-refractivity contribution in [3.05, 3.63) is 11.5 Å². The second kappa shape index (κ2) is 7.97. The molecule has 0 aromatic heterocycles. The third-order valence-electron chi connectivity index (χ3n) is 3.79. The molecular weight excluding hydrogens is 431 g/mol. The molecule has 0 heterocycles. The van der Waals surface area contributed by atoms with Gasteiger partial charge in [-0.1, -0.05) is 25.7 Å². The van der Waals surface area contributed by atoms with Crippen LogP contribution in [0.15, 0.2) is 0 Å². The molecule has 0 aromatic rings. The SMILES string of the molecule is O=C(O)C1(C(=O)O)CCC1.[NH-]C1CCCC[C@@H]1[NH-].[Pt+2]. The van der Waals surface area contributed by atoms with Crippen LogP contribution in [0.4, 0.5) is 0 Å². The van der Waals surface area contributed by atoms with E-state index < -0.39 is 17.4 Å². The first-order valence-corrected chi connectivity index (χ1v) is 6.29. The molecule has 1 unspecified atom stereocenters. The summed E-state index contributed by atoms with van der Waals surface area (Å²) in [7, 11) is 0. The molecule has 0 bridgehead atoms. The second-order valence-corrected chi connectivity index (χ2v) is 5.04. The van der Waals surface area contributed by atoms with Gasteiger partial charge in [0.2, 0.25) is 0 Å². The fourth-order valence-electron chi connectivity index (χ4n) is 2.18. The second-order valence-electron chi connectivity index (χ2n) is 5.04. The zero-order valence-corrected chi connectivity index (χ0v) is 12.9. The van der Waals surface area contributed by atoms with Gasteiger partial charge < -0.3 is 21.7 Å². The molecule has 7 heteroatoms. The number of hydrogen-bond acceptors (Lipinski definition) is 2. The smallest absolute Gasteiger partial charge is 0.676 e. The van der Waals surface area contributed by atoms with Crippen LogP contribution in [0.2, 0.25) is 0 Å². The van der Waals surface area contributed by atoms with Gasteiger partial charge in [-0.3, -0.25) is 9.59 Å². The van der Waals surface area contributed by atoms with E-state index in [2.05, 4.69) is 0 Å². The Morgan fingerprint density at radius 2 is 1.26 bits per heavy atom. The van der Waals surface area contributed by atoms with Gasteiger partial charge >= 0.3 is 33.0 Å². The van der Waals surface area contributed by atoms with Gasteiger partial charge in [0.15, 0.2) is 5.41 Å². The van der Waals surface area contributed by atoms with Crippen molar-refractivity contribution >= 4 is 11.9 Å². The molecule has 2 saturated carbocycles. The minimum absolute atomic E-state index is 0. The topological polar surface area (TPSA) is 122 Å². The largest absolute Gasteiger partial charge is 2.00 e. The van der Waals surface area contributed by atoms with Crippen molar-refractivity contribution in [3.63, 3.8) is 0 Å². The van der Waals surface area contributed by atoms with Gasteiger partial charge in [-0.2, -0.15) is 12.1 Å². The quantitative estimate of drug-likeness (QED) is 0.627. The summed E-state index contributed by atoms with van der Waals surface area (Å²) in [6, 6.07) is -0.160. The maximum atomic E-state index is 10.4. The Bertz CT molecular complexity index is 295.